The Morgan fingerprint density at radius 3 is 1.67 bits per heavy atom. The first-order chi connectivity index (χ1) is 9.73. The van der Waals surface area contributed by atoms with Gasteiger partial charge in [0.15, 0.2) is 0 Å². The Balaban J connectivity index is 5.27. The molecule has 0 fully saturated rings. The molecular formula is C18H40O2Si. The van der Waals surface area contributed by atoms with Crippen LogP contribution in [0.15, 0.2) is 0 Å². The summed E-state index contributed by atoms with van der Waals surface area (Å²) < 4.78 is 6.97. The summed E-state index contributed by atoms with van der Waals surface area (Å²) in [6.45, 7) is 18.8. The second-order valence-corrected chi connectivity index (χ2v) is 13.0. The number of hydrogen-bond acceptors (Lipinski definition) is 2. The molecule has 0 aromatic rings. The normalized spacial score (nSPS) is 16.0. The Morgan fingerprint density at radius 2 is 1.33 bits per heavy atom. The SMILES string of the molecule is CCCC[C@@H](O[Si](C(C)C)(C(C)C)C(C)C)[C@@H](C)CCO. The van der Waals surface area contributed by atoms with Crippen LogP contribution in [0.3, 0.4) is 0 Å². The highest BCUT2D eigenvalue weighted by atomic mass is 28.4. The number of rotatable bonds is 11. The van der Waals surface area contributed by atoms with Gasteiger partial charge in [0.2, 0.25) is 8.32 Å². The van der Waals surface area contributed by atoms with Crippen molar-refractivity contribution in [3.8, 4) is 0 Å². The third kappa shape index (κ3) is 5.68. The van der Waals surface area contributed by atoms with E-state index in [1.807, 2.05) is 0 Å². The molecule has 0 aliphatic heterocycles. The van der Waals surface area contributed by atoms with Gasteiger partial charge in [0.05, 0.1) is 0 Å². The smallest absolute Gasteiger partial charge is 0.200 e. The topological polar surface area (TPSA) is 29.5 Å². The molecule has 2 atom stereocenters. The van der Waals surface area contributed by atoms with Gasteiger partial charge in [-0.1, -0.05) is 68.2 Å². The fraction of sp³-hybridized carbons (Fsp3) is 1.00. The minimum atomic E-state index is -1.81. The summed E-state index contributed by atoms with van der Waals surface area (Å²) in [5.41, 5.74) is 1.88. The summed E-state index contributed by atoms with van der Waals surface area (Å²) >= 11 is 0. The van der Waals surface area contributed by atoms with E-state index in [2.05, 4.69) is 55.4 Å². The highest BCUT2D eigenvalue weighted by Crippen LogP contribution is 2.44. The van der Waals surface area contributed by atoms with Gasteiger partial charge in [-0.25, -0.2) is 0 Å². The van der Waals surface area contributed by atoms with E-state index in [0.717, 1.165) is 12.8 Å². The van der Waals surface area contributed by atoms with Crippen molar-refractivity contribution in [3.05, 3.63) is 0 Å². The van der Waals surface area contributed by atoms with Crippen molar-refractivity contribution in [3.63, 3.8) is 0 Å². The summed E-state index contributed by atoms with van der Waals surface area (Å²) in [5.74, 6) is 0.449. The number of hydrogen-bond donors (Lipinski definition) is 1. The summed E-state index contributed by atoms with van der Waals surface area (Å²) in [6.07, 6.45) is 4.74. The van der Waals surface area contributed by atoms with E-state index in [1.54, 1.807) is 0 Å². The van der Waals surface area contributed by atoms with E-state index >= 15 is 0 Å². The lowest BCUT2D eigenvalue weighted by atomic mass is 9.97. The lowest BCUT2D eigenvalue weighted by molar-refractivity contribution is 0.0929. The number of aliphatic hydroxyl groups excluding tert-OH is 1. The molecule has 0 radical (unpaired) electrons. The molecule has 0 spiro atoms. The Labute approximate surface area is 134 Å². The summed E-state index contributed by atoms with van der Waals surface area (Å²) in [5, 5.41) is 9.29. The van der Waals surface area contributed by atoms with E-state index in [9.17, 15) is 5.11 Å². The zero-order valence-electron chi connectivity index (χ0n) is 15.8. The first-order valence-electron chi connectivity index (χ1n) is 9.02. The van der Waals surface area contributed by atoms with Crippen LogP contribution in [0, 0.1) is 5.92 Å². The molecule has 3 heteroatoms. The van der Waals surface area contributed by atoms with Crippen molar-refractivity contribution < 1.29 is 9.53 Å². The van der Waals surface area contributed by atoms with Gasteiger partial charge in [0, 0.05) is 12.7 Å². The van der Waals surface area contributed by atoms with E-state index in [-0.39, 0.29) is 6.61 Å². The van der Waals surface area contributed by atoms with Gasteiger partial charge < -0.3 is 9.53 Å². The van der Waals surface area contributed by atoms with Crippen molar-refractivity contribution in [1.82, 2.24) is 0 Å². The first kappa shape index (κ1) is 21.1. The van der Waals surface area contributed by atoms with Crippen molar-refractivity contribution in [2.24, 2.45) is 5.92 Å². The Hall–Kier alpha value is 0.137. The van der Waals surface area contributed by atoms with Gasteiger partial charge in [-0.05, 0) is 35.4 Å². The summed E-state index contributed by atoms with van der Waals surface area (Å²) in [7, 11) is -1.81. The van der Waals surface area contributed by atoms with Gasteiger partial charge >= 0.3 is 0 Å². The molecule has 0 bridgehead atoms. The summed E-state index contributed by atoms with van der Waals surface area (Å²) in [4.78, 5) is 0. The maximum Gasteiger partial charge on any atom is 0.200 e. The summed E-state index contributed by atoms with van der Waals surface area (Å²) in [6, 6.07) is 0. The molecule has 0 aromatic heterocycles. The average molecular weight is 317 g/mol. The van der Waals surface area contributed by atoms with Crippen LogP contribution in [0.25, 0.3) is 0 Å². The Kier molecular flexibility index (Phi) is 10.1. The Morgan fingerprint density at radius 1 is 0.857 bits per heavy atom. The molecule has 0 amide bonds. The second-order valence-electron chi connectivity index (χ2n) is 7.61. The van der Waals surface area contributed by atoms with E-state index in [1.165, 1.54) is 12.8 Å². The van der Waals surface area contributed by atoms with Crippen molar-refractivity contribution in [2.45, 2.75) is 104 Å². The van der Waals surface area contributed by atoms with Crippen LogP contribution >= 0.6 is 0 Å². The molecule has 2 nitrogen and oxygen atoms in total. The van der Waals surface area contributed by atoms with Crippen LogP contribution in [0.5, 0.6) is 0 Å². The predicted molar refractivity (Wildman–Crippen MR) is 96.3 cm³/mol. The standard InChI is InChI=1S/C18H40O2Si/c1-9-10-11-18(17(8)12-13-19)20-21(14(2)3,15(4)5)16(6)7/h14-19H,9-13H2,1-8H3/t17-,18+/m0/s1. The lowest BCUT2D eigenvalue weighted by Crippen LogP contribution is -2.51. The van der Waals surface area contributed by atoms with Crippen LogP contribution in [-0.4, -0.2) is 26.1 Å². The molecule has 128 valence electrons. The second kappa shape index (κ2) is 10.0. The maximum atomic E-state index is 9.29. The number of aliphatic hydroxyl groups is 1. The van der Waals surface area contributed by atoms with Crippen LogP contribution in [0.4, 0.5) is 0 Å². The monoisotopic (exact) mass is 316 g/mol. The molecule has 0 aliphatic carbocycles. The van der Waals surface area contributed by atoms with Crippen LogP contribution in [0.2, 0.25) is 16.6 Å². The maximum absolute atomic E-state index is 9.29. The van der Waals surface area contributed by atoms with Crippen LogP contribution < -0.4 is 0 Å². The van der Waals surface area contributed by atoms with E-state index in [4.69, 9.17) is 4.43 Å². The van der Waals surface area contributed by atoms with Gasteiger partial charge in [-0.15, -0.1) is 0 Å². The molecule has 0 saturated heterocycles. The fourth-order valence-corrected chi connectivity index (χ4v) is 9.62. The molecule has 1 N–H and O–H groups in total. The van der Waals surface area contributed by atoms with Crippen molar-refractivity contribution in [2.75, 3.05) is 6.61 Å². The fourth-order valence-electron chi connectivity index (χ4n) is 3.92. The minimum Gasteiger partial charge on any atom is -0.413 e. The molecule has 0 aliphatic rings. The molecule has 21 heavy (non-hydrogen) atoms. The molecule has 0 unspecified atom stereocenters. The van der Waals surface area contributed by atoms with Crippen LogP contribution in [0.1, 0.15) is 81.1 Å². The molecule has 0 rings (SSSR count). The third-order valence-corrected chi connectivity index (χ3v) is 11.2. The van der Waals surface area contributed by atoms with Gasteiger partial charge in [-0.2, -0.15) is 0 Å². The predicted octanol–water partition coefficient (Wildman–Crippen LogP) is 5.76. The zero-order valence-corrected chi connectivity index (χ0v) is 16.8. The highest BCUT2D eigenvalue weighted by molar-refractivity contribution is 6.77. The zero-order chi connectivity index (χ0) is 16.6. The van der Waals surface area contributed by atoms with Gasteiger partial charge in [0.1, 0.15) is 0 Å². The molecule has 0 heterocycles. The van der Waals surface area contributed by atoms with E-state index < -0.39 is 8.32 Å². The average Bonchev–Trinajstić information content (AvgIpc) is 2.37. The third-order valence-electron chi connectivity index (χ3n) is 5.12. The van der Waals surface area contributed by atoms with Gasteiger partial charge in [0.25, 0.3) is 0 Å². The van der Waals surface area contributed by atoms with Crippen LogP contribution in [-0.2, 0) is 4.43 Å². The number of unbranched alkanes of at least 4 members (excludes halogenated alkanes) is 1. The largest absolute Gasteiger partial charge is 0.413 e. The van der Waals surface area contributed by atoms with Crippen molar-refractivity contribution >= 4 is 8.32 Å². The first-order valence-corrected chi connectivity index (χ1v) is 11.2. The molecule has 0 saturated carbocycles. The van der Waals surface area contributed by atoms with Gasteiger partial charge in [-0.3, -0.25) is 0 Å². The van der Waals surface area contributed by atoms with Crippen molar-refractivity contribution in [1.29, 1.82) is 0 Å². The van der Waals surface area contributed by atoms with E-state index in [0.29, 0.717) is 28.6 Å². The minimum absolute atomic E-state index is 0.271. The Bertz CT molecular complexity index is 242. The quantitative estimate of drug-likeness (QED) is 0.491. The highest BCUT2D eigenvalue weighted by Gasteiger charge is 2.46. The molecule has 0 aromatic carbocycles. The lowest BCUT2D eigenvalue weighted by Gasteiger charge is -2.46. The molecular weight excluding hydrogens is 276 g/mol.